The van der Waals surface area contributed by atoms with E-state index in [-0.39, 0.29) is 24.3 Å². The predicted molar refractivity (Wildman–Crippen MR) is 134 cm³/mol. The minimum atomic E-state index is -0.203. The zero-order valence-electron chi connectivity index (χ0n) is 19.7. The Bertz CT molecular complexity index is 1160. The lowest BCUT2D eigenvalue weighted by atomic mass is 10.1. The molecule has 0 bridgehead atoms. The minimum absolute atomic E-state index is 0.0745. The zero-order chi connectivity index (χ0) is 23.5. The lowest BCUT2D eigenvalue weighted by molar-refractivity contribution is -0.138. The van der Waals surface area contributed by atoms with Crippen LogP contribution >= 0.6 is 0 Å². The molecule has 2 aliphatic carbocycles. The largest absolute Gasteiger partial charge is 0.333 e. The molecule has 0 radical (unpaired) electrons. The normalized spacial score (nSPS) is 15.9. The van der Waals surface area contributed by atoms with Crippen LogP contribution in [0.4, 0.5) is 5.95 Å². The number of carbonyl (C=O) groups excluding carboxylic acids is 2. The van der Waals surface area contributed by atoms with Crippen molar-refractivity contribution in [1.82, 2.24) is 14.5 Å². The molecule has 0 aliphatic heterocycles. The second kappa shape index (κ2) is 9.84. The van der Waals surface area contributed by atoms with Crippen molar-refractivity contribution in [3.63, 3.8) is 0 Å². The summed E-state index contributed by atoms with van der Waals surface area (Å²) in [7, 11) is 0. The summed E-state index contributed by atoms with van der Waals surface area (Å²) >= 11 is 0. The Kier molecular flexibility index (Phi) is 6.48. The molecule has 1 aromatic heterocycles. The van der Waals surface area contributed by atoms with Gasteiger partial charge in [0.2, 0.25) is 17.8 Å². The van der Waals surface area contributed by atoms with Crippen LogP contribution in [-0.2, 0) is 9.59 Å². The molecule has 2 fully saturated rings. The van der Waals surface area contributed by atoms with E-state index >= 15 is 0 Å². The van der Waals surface area contributed by atoms with E-state index in [9.17, 15) is 9.59 Å². The number of imidazole rings is 1. The van der Waals surface area contributed by atoms with E-state index in [1.807, 2.05) is 66.2 Å². The molecule has 34 heavy (non-hydrogen) atoms. The maximum absolute atomic E-state index is 13.2. The van der Waals surface area contributed by atoms with Gasteiger partial charge in [0.1, 0.15) is 0 Å². The first-order valence-electron chi connectivity index (χ1n) is 12.4. The van der Waals surface area contributed by atoms with Crippen LogP contribution in [0, 0.1) is 18.8 Å². The van der Waals surface area contributed by atoms with E-state index in [4.69, 9.17) is 4.98 Å². The van der Waals surface area contributed by atoms with Crippen molar-refractivity contribution >= 4 is 17.8 Å². The standard InChI is InChI=1S/C28H32N4O2/c1-20-8-7-13-24(16-20)32-18-25(22-9-3-2-4-10-22)29-28(32)30-26(33)19-31(17-21-14-15-21)27(34)23-11-5-6-12-23/h2-4,7-10,13,16,18,21,23H,5-6,11-12,14-15,17,19H2,1H3,(H,29,30,33). The highest BCUT2D eigenvalue weighted by molar-refractivity contribution is 5.94. The Balaban J connectivity index is 1.39. The molecule has 176 valence electrons. The zero-order valence-corrected chi connectivity index (χ0v) is 19.7. The van der Waals surface area contributed by atoms with E-state index < -0.39 is 0 Å². The highest BCUT2D eigenvalue weighted by Crippen LogP contribution is 2.32. The smallest absolute Gasteiger partial charge is 0.246 e. The first-order valence-corrected chi connectivity index (χ1v) is 12.4. The first kappa shape index (κ1) is 22.4. The second-order valence-electron chi connectivity index (χ2n) is 9.72. The number of hydrogen-bond donors (Lipinski definition) is 1. The molecule has 2 saturated carbocycles. The van der Waals surface area contributed by atoms with Crippen molar-refractivity contribution in [2.75, 3.05) is 18.4 Å². The van der Waals surface area contributed by atoms with Crippen LogP contribution in [-0.4, -0.2) is 39.4 Å². The monoisotopic (exact) mass is 456 g/mol. The molecule has 2 aliphatic rings. The van der Waals surface area contributed by atoms with Crippen LogP contribution in [0.15, 0.2) is 60.8 Å². The van der Waals surface area contributed by atoms with Gasteiger partial charge in [0, 0.05) is 29.9 Å². The topological polar surface area (TPSA) is 67.2 Å². The van der Waals surface area contributed by atoms with Crippen LogP contribution in [0.1, 0.15) is 44.1 Å². The molecule has 2 aromatic carbocycles. The number of amides is 2. The van der Waals surface area contributed by atoms with Gasteiger partial charge in [-0.1, -0.05) is 55.3 Å². The average Bonchev–Trinajstić information content (AvgIpc) is 3.31. The van der Waals surface area contributed by atoms with Crippen LogP contribution in [0.25, 0.3) is 16.9 Å². The SMILES string of the molecule is Cc1cccc(-n2cc(-c3ccccc3)nc2NC(=O)CN(CC2CC2)C(=O)C2CCCC2)c1. The highest BCUT2D eigenvalue weighted by atomic mass is 16.2. The molecule has 6 heteroatoms. The summed E-state index contributed by atoms with van der Waals surface area (Å²) in [6.45, 7) is 2.80. The molecule has 2 amide bonds. The molecule has 6 nitrogen and oxygen atoms in total. The van der Waals surface area contributed by atoms with Gasteiger partial charge in [-0.2, -0.15) is 0 Å². The van der Waals surface area contributed by atoms with Crippen molar-refractivity contribution < 1.29 is 9.59 Å². The molecule has 0 saturated heterocycles. The number of carbonyl (C=O) groups is 2. The Labute approximate surface area is 201 Å². The number of aryl methyl sites for hydroxylation is 1. The van der Waals surface area contributed by atoms with Gasteiger partial charge in [-0.25, -0.2) is 4.98 Å². The summed E-state index contributed by atoms with van der Waals surface area (Å²) in [5.74, 6) is 1.02. The fourth-order valence-electron chi connectivity index (χ4n) is 4.80. The number of anilines is 1. The Morgan fingerprint density at radius 2 is 1.79 bits per heavy atom. The molecular formula is C28H32N4O2. The van der Waals surface area contributed by atoms with Gasteiger partial charge in [-0.05, 0) is 56.2 Å². The van der Waals surface area contributed by atoms with Gasteiger partial charge in [-0.3, -0.25) is 19.5 Å². The van der Waals surface area contributed by atoms with E-state index in [0.717, 1.165) is 61.0 Å². The van der Waals surface area contributed by atoms with E-state index in [1.165, 1.54) is 0 Å². The minimum Gasteiger partial charge on any atom is -0.333 e. The fraction of sp³-hybridized carbons (Fsp3) is 0.393. The quantitative estimate of drug-likeness (QED) is 0.506. The summed E-state index contributed by atoms with van der Waals surface area (Å²) in [5.41, 5.74) is 3.83. The number of nitrogens with one attached hydrogen (secondary N) is 1. The van der Waals surface area contributed by atoms with E-state index in [0.29, 0.717) is 18.4 Å². The van der Waals surface area contributed by atoms with Crippen LogP contribution in [0.3, 0.4) is 0 Å². The number of rotatable bonds is 8. The summed E-state index contributed by atoms with van der Waals surface area (Å²) in [5, 5.41) is 3.01. The maximum Gasteiger partial charge on any atom is 0.246 e. The highest BCUT2D eigenvalue weighted by Gasteiger charge is 2.33. The van der Waals surface area contributed by atoms with Crippen molar-refractivity contribution in [2.45, 2.75) is 45.4 Å². The Morgan fingerprint density at radius 3 is 2.50 bits per heavy atom. The van der Waals surface area contributed by atoms with E-state index in [1.54, 1.807) is 4.90 Å². The molecule has 0 unspecified atom stereocenters. The number of hydrogen-bond acceptors (Lipinski definition) is 3. The van der Waals surface area contributed by atoms with Gasteiger partial charge in [-0.15, -0.1) is 0 Å². The summed E-state index contributed by atoms with van der Waals surface area (Å²) in [4.78, 5) is 32.9. The number of nitrogens with zero attached hydrogens (tertiary/aromatic N) is 3. The predicted octanol–water partition coefficient (Wildman–Crippen LogP) is 5.22. The second-order valence-corrected chi connectivity index (χ2v) is 9.72. The Morgan fingerprint density at radius 1 is 1.03 bits per heavy atom. The average molecular weight is 457 g/mol. The van der Waals surface area contributed by atoms with Crippen molar-refractivity contribution in [3.05, 3.63) is 66.4 Å². The molecule has 0 atom stereocenters. The summed E-state index contributed by atoms with van der Waals surface area (Å²) in [6, 6.07) is 18.0. The molecular weight excluding hydrogens is 424 g/mol. The van der Waals surface area contributed by atoms with Crippen LogP contribution in [0.2, 0.25) is 0 Å². The third kappa shape index (κ3) is 5.22. The maximum atomic E-state index is 13.2. The van der Waals surface area contributed by atoms with Gasteiger partial charge < -0.3 is 4.90 Å². The van der Waals surface area contributed by atoms with Gasteiger partial charge in [0.05, 0.1) is 12.2 Å². The van der Waals surface area contributed by atoms with Gasteiger partial charge in [0.25, 0.3) is 0 Å². The van der Waals surface area contributed by atoms with Crippen LogP contribution < -0.4 is 5.32 Å². The third-order valence-electron chi connectivity index (χ3n) is 6.83. The van der Waals surface area contributed by atoms with Crippen molar-refractivity contribution in [3.8, 4) is 16.9 Å². The fourth-order valence-corrected chi connectivity index (χ4v) is 4.80. The summed E-state index contributed by atoms with van der Waals surface area (Å²) in [6.07, 6.45) is 8.35. The van der Waals surface area contributed by atoms with Crippen molar-refractivity contribution in [2.24, 2.45) is 11.8 Å². The molecule has 0 spiro atoms. The molecule has 1 heterocycles. The lowest BCUT2D eigenvalue weighted by Gasteiger charge is -2.25. The van der Waals surface area contributed by atoms with Crippen LogP contribution in [0.5, 0.6) is 0 Å². The van der Waals surface area contributed by atoms with Crippen molar-refractivity contribution in [1.29, 1.82) is 0 Å². The number of benzene rings is 2. The number of aromatic nitrogens is 2. The summed E-state index contributed by atoms with van der Waals surface area (Å²) < 4.78 is 1.91. The molecule has 5 rings (SSSR count). The third-order valence-corrected chi connectivity index (χ3v) is 6.83. The molecule has 1 N–H and O–H groups in total. The van der Waals surface area contributed by atoms with E-state index in [2.05, 4.69) is 11.4 Å². The van der Waals surface area contributed by atoms with Gasteiger partial charge >= 0.3 is 0 Å². The van der Waals surface area contributed by atoms with Gasteiger partial charge in [0.15, 0.2) is 0 Å². The molecule has 3 aromatic rings. The lowest BCUT2D eigenvalue weighted by Crippen LogP contribution is -2.42. The first-order chi connectivity index (χ1) is 16.6. The Hall–Kier alpha value is -3.41.